The molecule has 2 N–H and O–H groups in total. The van der Waals surface area contributed by atoms with Crippen LogP contribution in [0.15, 0.2) is 53.4 Å². The van der Waals surface area contributed by atoms with Crippen LogP contribution in [0.5, 0.6) is 5.75 Å². The van der Waals surface area contributed by atoms with Crippen molar-refractivity contribution in [1.82, 2.24) is 0 Å². The highest BCUT2D eigenvalue weighted by Crippen LogP contribution is 2.17. The zero-order chi connectivity index (χ0) is 13.7. The normalized spacial score (nSPS) is 17.5. The summed E-state index contributed by atoms with van der Waals surface area (Å²) in [6.07, 6.45) is 3.81. The van der Waals surface area contributed by atoms with E-state index in [2.05, 4.69) is 5.18 Å². The number of nitrogen functional groups attached to an aromatic ring is 1. The third kappa shape index (κ3) is 3.67. The average molecular weight is 260 g/mol. The minimum absolute atomic E-state index is 0.326. The van der Waals surface area contributed by atoms with Crippen LogP contribution in [0.2, 0.25) is 0 Å². The van der Waals surface area contributed by atoms with Crippen molar-refractivity contribution in [1.29, 1.82) is 0 Å². The van der Waals surface area contributed by atoms with Crippen molar-refractivity contribution in [2.24, 2.45) is 5.18 Å². The van der Waals surface area contributed by atoms with E-state index in [1.165, 1.54) is 6.08 Å². The van der Waals surface area contributed by atoms with Gasteiger partial charge in [-0.1, -0.05) is 6.08 Å². The Kier molecular flexibility index (Phi) is 3.92. The van der Waals surface area contributed by atoms with Crippen LogP contribution in [0, 0.1) is 4.91 Å². The van der Waals surface area contributed by atoms with E-state index in [9.17, 15) is 9.70 Å². The summed E-state index contributed by atoms with van der Waals surface area (Å²) in [5.74, 6) is 0.352. The predicted molar refractivity (Wildman–Crippen MR) is 69.4 cm³/mol. The largest absolute Gasteiger partial charge is 0.514 e. The third-order valence-corrected chi connectivity index (χ3v) is 2.48. The molecular weight excluding hydrogens is 248 g/mol. The van der Waals surface area contributed by atoms with Gasteiger partial charge in [0, 0.05) is 12.1 Å². The number of carbonyl (C=O) groups excluding carboxylic acids is 1. The molecule has 1 atom stereocenters. The van der Waals surface area contributed by atoms with Gasteiger partial charge in [0.2, 0.25) is 0 Å². The summed E-state index contributed by atoms with van der Waals surface area (Å²) in [6.45, 7) is 0. The van der Waals surface area contributed by atoms with E-state index in [1.807, 2.05) is 0 Å². The maximum absolute atomic E-state index is 11.5. The molecule has 0 saturated carbocycles. The number of benzene rings is 1. The van der Waals surface area contributed by atoms with E-state index in [-0.39, 0.29) is 0 Å². The number of nitroso groups, excluding NO2 is 1. The molecule has 2 rings (SSSR count). The standard InChI is InChI=1S/C13H12N2O4/c14-9-1-5-11(6-2-9)18-13(16)19-12-7-3-10(15-17)4-8-12/h1-7,12H,8,14H2. The molecule has 1 aliphatic carbocycles. The number of nitrogens with zero attached hydrogens (tertiary/aromatic N) is 1. The van der Waals surface area contributed by atoms with Crippen molar-refractivity contribution < 1.29 is 14.3 Å². The van der Waals surface area contributed by atoms with Crippen molar-refractivity contribution in [2.45, 2.75) is 12.5 Å². The Morgan fingerprint density at radius 2 is 2.05 bits per heavy atom. The lowest BCUT2D eigenvalue weighted by Crippen LogP contribution is -2.19. The van der Waals surface area contributed by atoms with Crippen LogP contribution in [-0.4, -0.2) is 12.3 Å². The summed E-state index contributed by atoms with van der Waals surface area (Å²) in [5.41, 5.74) is 6.42. The van der Waals surface area contributed by atoms with Crippen molar-refractivity contribution in [3.05, 3.63) is 53.1 Å². The molecule has 6 heteroatoms. The van der Waals surface area contributed by atoms with E-state index in [0.29, 0.717) is 23.6 Å². The summed E-state index contributed by atoms with van der Waals surface area (Å²) in [7, 11) is 0. The molecule has 1 aromatic carbocycles. The molecule has 0 amide bonds. The van der Waals surface area contributed by atoms with Crippen molar-refractivity contribution >= 4 is 11.8 Å². The van der Waals surface area contributed by atoms with Gasteiger partial charge in [0.05, 0.1) is 0 Å². The van der Waals surface area contributed by atoms with Crippen LogP contribution in [0.4, 0.5) is 10.5 Å². The molecule has 0 aromatic heterocycles. The number of rotatable bonds is 3. The highest BCUT2D eigenvalue weighted by Gasteiger charge is 2.15. The predicted octanol–water partition coefficient (Wildman–Crippen LogP) is 2.76. The first-order valence-corrected chi connectivity index (χ1v) is 5.63. The number of anilines is 1. The third-order valence-electron chi connectivity index (χ3n) is 2.48. The number of carbonyl (C=O) groups is 1. The lowest BCUT2D eigenvalue weighted by Gasteiger charge is -2.14. The summed E-state index contributed by atoms with van der Waals surface area (Å²) >= 11 is 0. The minimum atomic E-state index is -0.810. The molecule has 0 heterocycles. The van der Waals surface area contributed by atoms with Gasteiger partial charge in [0.25, 0.3) is 0 Å². The van der Waals surface area contributed by atoms with Crippen LogP contribution in [0.1, 0.15) is 6.42 Å². The Labute approximate surface area is 109 Å². The van der Waals surface area contributed by atoms with Crippen molar-refractivity contribution in [3.8, 4) is 5.75 Å². The number of ether oxygens (including phenoxy) is 2. The molecule has 19 heavy (non-hydrogen) atoms. The monoisotopic (exact) mass is 260 g/mol. The molecular formula is C13H12N2O4. The lowest BCUT2D eigenvalue weighted by molar-refractivity contribution is 0.0767. The molecule has 0 spiro atoms. The fourth-order valence-electron chi connectivity index (χ4n) is 1.52. The van der Waals surface area contributed by atoms with Crippen LogP contribution in [-0.2, 0) is 4.74 Å². The van der Waals surface area contributed by atoms with Crippen molar-refractivity contribution in [2.75, 3.05) is 5.73 Å². The maximum atomic E-state index is 11.5. The van der Waals surface area contributed by atoms with Crippen LogP contribution < -0.4 is 10.5 Å². The summed E-state index contributed by atoms with van der Waals surface area (Å²) in [4.78, 5) is 21.7. The molecule has 0 bridgehead atoms. The molecule has 1 aliphatic rings. The fraction of sp³-hybridized carbons (Fsp3) is 0.154. The first-order chi connectivity index (χ1) is 9.17. The Balaban J connectivity index is 1.86. The van der Waals surface area contributed by atoms with Crippen LogP contribution in [0.3, 0.4) is 0 Å². The number of nitrogens with two attached hydrogens (primary N) is 1. The van der Waals surface area contributed by atoms with Crippen LogP contribution in [0.25, 0.3) is 0 Å². The SMILES string of the molecule is Nc1ccc(OC(=O)OC2C=CC(N=O)=CC2)cc1. The first kappa shape index (κ1) is 12.8. The average Bonchev–Trinajstić information content (AvgIpc) is 2.42. The molecule has 0 fully saturated rings. The molecule has 1 unspecified atom stereocenters. The van der Waals surface area contributed by atoms with E-state index in [1.54, 1.807) is 36.4 Å². The van der Waals surface area contributed by atoms with Gasteiger partial charge < -0.3 is 15.2 Å². The van der Waals surface area contributed by atoms with Gasteiger partial charge in [-0.3, -0.25) is 0 Å². The molecule has 0 aliphatic heterocycles. The van der Waals surface area contributed by atoms with Gasteiger partial charge in [0.15, 0.2) is 0 Å². The zero-order valence-electron chi connectivity index (χ0n) is 9.98. The second kappa shape index (κ2) is 5.81. The summed E-state index contributed by atoms with van der Waals surface area (Å²) < 4.78 is 10.0. The van der Waals surface area contributed by atoms with Gasteiger partial charge in [-0.05, 0) is 41.6 Å². The number of hydrogen-bond acceptors (Lipinski definition) is 6. The van der Waals surface area contributed by atoms with E-state index in [4.69, 9.17) is 15.2 Å². The van der Waals surface area contributed by atoms with Gasteiger partial charge >= 0.3 is 6.16 Å². The Morgan fingerprint density at radius 1 is 1.32 bits per heavy atom. The second-order valence-electron chi connectivity index (χ2n) is 3.89. The highest BCUT2D eigenvalue weighted by molar-refractivity contribution is 5.64. The van der Waals surface area contributed by atoms with Gasteiger partial charge in [0.1, 0.15) is 17.6 Å². The topological polar surface area (TPSA) is 91.0 Å². The first-order valence-electron chi connectivity index (χ1n) is 5.63. The van der Waals surface area contributed by atoms with E-state index < -0.39 is 12.3 Å². The van der Waals surface area contributed by atoms with E-state index >= 15 is 0 Å². The number of allylic oxidation sites excluding steroid dienone is 1. The maximum Gasteiger partial charge on any atom is 0.514 e. The molecule has 0 saturated heterocycles. The smallest absolute Gasteiger partial charge is 0.426 e. The molecule has 1 aromatic rings. The van der Waals surface area contributed by atoms with Gasteiger partial charge in [-0.25, -0.2) is 4.79 Å². The number of hydrogen-bond donors (Lipinski definition) is 1. The Bertz CT molecular complexity index is 534. The molecule has 98 valence electrons. The Hall–Kier alpha value is -2.63. The second-order valence-corrected chi connectivity index (χ2v) is 3.89. The summed E-state index contributed by atoms with van der Waals surface area (Å²) in [6, 6.07) is 6.38. The van der Waals surface area contributed by atoms with E-state index in [0.717, 1.165) is 0 Å². The highest BCUT2D eigenvalue weighted by atomic mass is 16.7. The zero-order valence-corrected chi connectivity index (χ0v) is 9.98. The summed E-state index contributed by atoms with van der Waals surface area (Å²) in [5, 5.41) is 2.78. The molecule has 0 radical (unpaired) electrons. The minimum Gasteiger partial charge on any atom is -0.426 e. The van der Waals surface area contributed by atoms with Gasteiger partial charge in [-0.15, -0.1) is 4.91 Å². The van der Waals surface area contributed by atoms with Gasteiger partial charge in [-0.2, -0.15) is 0 Å². The molecule has 6 nitrogen and oxygen atoms in total. The fourth-order valence-corrected chi connectivity index (χ4v) is 1.52. The quantitative estimate of drug-likeness (QED) is 0.390. The van der Waals surface area contributed by atoms with Crippen LogP contribution >= 0.6 is 0 Å². The lowest BCUT2D eigenvalue weighted by atomic mass is 10.1. The van der Waals surface area contributed by atoms with Crippen molar-refractivity contribution in [3.63, 3.8) is 0 Å². The Morgan fingerprint density at radius 3 is 2.63 bits per heavy atom.